The molecular weight excluding hydrogens is 374 g/mol. The Morgan fingerprint density at radius 3 is 2.46 bits per heavy atom. The fourth-order valence-electron chi connectivity index (χ4n) is 2.34. The third-order valence-electron chi connectivity index (χ3n) is 3.99. The predicted octanol–water partition coefficient (Wildman–Crippen LogP) is 4.58. The standard InChI is InChI=1S/C21H23N3O3S/c1-13(22-19(26)21(2,3)4)18(25)24-20-23-16-11-10-15(12-17(16)28-20)27-14-8-6-5-7-9-14/h5-13H,1-4H3,(H,22,26)(H,23,24,25). The van der Waals surface area contributed by atoms with E-state index in [1.165, 1.54) is 11.3 Å². The summed E-state index contributed by atoms with van der Waals surface area (Å²) in [4.78, 5) is 28.8. The van der Waals surface area contributed by atoms with Gasteiger partial charge < -0.3 is 15.4 Å². The van der Waals surface area contributed by atoms with Crippen LogP contribution in [-0.4, -0.2) is 22.8 Å². The number of benzene rings is 2. The van der Waals surface area contributed by atoms with E-state index in [9.17, 15) is 9.59 Å². The van der Waals surface area contributed by atoms with Gasteiger partial charge in [0.25, 0.3) is 0 Å². The Hall–Kier alpha value is -2.93. The Morgan fingerprint density at radius 2 is 1.79 bits per heavy atom. The molecule has 6 nitrogen and oxygen atoms in total. The first-order valence-electron chi connectivity index (χ1n) is 8.98. The van der Waals surface area contributed by atoms with Gasteiger partial charge in [-0.05, 0) is 31.2 Å². The van der Waals surface area contributed by atoms with Crippen molar-refractivity contribution in [2.75, 3.05) is 5.32 Å². The molecule has 0 saturated heterocycles. The van der Waals surface area contributed by atoms with E-state index in [1.54, 1.807) is 27.7 Å². The van der Waals surface area contributed by atoms with Crippen LogP contribution in [0.1, 0.15) is 27.7 Å². The Balaban J connectivity index is 1.68. The van der Waals surface area contributed by atoms with Crippen LogP contribution in [0, 0.1) is 5.41 Å². The van der Waals surface area contributed by atoms with Crippen molar-refractivity contribution in [3.63, 3.8) is 0 Å². The van der Waals surface area contributed by atoms with Gasteiger partial charge >= 0.3 is 0 Å². The molecule has 0 aliphatic heterocycles. The largest absolute Gasteiger partial charge is 0.457 e. The lowest BCUT2D eigenvalue weighted by molar-refractivity contribution is -0.131. The number of carbonyl (C=O) groups excluding carboxylic acids is 2. The van der Waals surface area contributed by atoms with Crippen molar-refractivity contribution in [2.45, 2.75) is 33.7 Å². The van der Waals surface area contributed by atoms with Gasteiger partial charge in [0, 0.05) is 11.5 Å². The Kier molecular flexibility index (Phi) is 5.65. The smallest absolute Gasteiger partial charge is 0.248 e. The van der Waals surface area contributed by atoms with E-state index in [-0.39, 0.29) is 11.8 Å². The zero-order chi connectivity index (χ0) is 20.3. The second-order valence-electron chi connectivity index (χ2n) is 7.50. The molecule has 2 N–H and O–H groups in total. The molecule has 2 aromatic carbocycles. The number of carbonyl (C=O) groups is 2. The molecule has 28 heavy (non-hydrogen) atoms. The number of thiazole rings is 1. The summed E-state index contributed by atoms with van der Waals surface area (Å²) in [5.41, 5.74) is 0.214. The van der Waals surface area contributed by atoms with Crippen LogP contribution in [0.4, 0.5) is 5.13 Å². The van der Waals surface area contributed by atoms with Crippen LogP contribution in [0.3, 0.4) is 0 Å². The van der Waals surface area contributed by atoms with Crippen molar-refractivity contribution in [1.29, 1.82) is 0 Å². The highest BCUT2D eigenvalue weighted by molar-refractivity contribution is 7.22. The van der Waals surface area contributed by atoms with Gasteiger partial charge in [-0.1, -0.05) is 50.3 Å². The van der Waals surface area contributed by atoms with Gasteiger partial charge in [-0.15, -0.1) is 0 Å². The lowest BCUT2D eigenvalue weighted by Crippen LogP contribution is -2.46. The van der Waals surface area contributed by atoms with Crippen molar-refractivity contribution in [3.05, 3.63) is 48.5 Å². The van der Waals surface area contributed by atoms with E-state index in [1.807, 2.05) is 48.5 Å². The number of hydrogen-bond acceptors (Lipinski definition) is 5. The van der Waals surface area contributed by atoms with E-state index in [4.69, 9.17) is 4.74 Å². The van der Waals surface area contributed by atoms with Gasteiger partial charge in [0.15, 0.2) is 5.13 Å². The first-order chi connectivity index (χ1) is 13.2. The van der Waals surface area contributed by atoms with Gasteiger partial charge in [-0.2, -0.15) is 0 Å². The highest BCUT2D eigenvalue weighted by Crippen LogP contribution is 2.31. The highest BCUT2D eigenvalue weighted by atomic mass is 32.1. The molecule has 0 aliphatic carbocycles. The number of hydrogen-bond donors (Lipinski definition) is 2. The molecule has 3 rings (SSSR count). The molecule has 0 radical (unpaired) electrons. The summed E-state index contributed by atoms with van der Waals surface area (Å²) in [6, 6.07) is 14.4. The fourth-order valence-corrected chi connectivity index (χ4v) is 3.24. The number of amides is 2. The van der Waals surface area contributed by atoms with Crippen LogP contribution in [0.25, 0.3) is 10.2 Å². The summed E-state index contributed by atoms with van der Waals surface area (Å²) >= 11 is 1.36. The Morgan fingerprint density at radius 1 is 1.07 bits per heavy atom. The molecule has 1 heterocycles. The third-order valence-corrected chi connectivity index (χ3v) is 4.92. The van der Waals surface area contributed by atoms with Crippen molar-refractivity contribution < 1.29 is 14.3 Å². The molecule has 1 atom stereocenters. The van der Waals surface area contributed by atoms with E-state index in [0.29, 0.717) is 10.9 Å². The molecule has 0 aliphatic rings. The zero-order valence-electron chi connectivity index (χ0n) is 16.3. The van der Waals surface area contributed by atoms with Crippen molar-refractivity contribution in [2.24, 2.45) is 5.41 Å². The molecule has 2 amide bonds. The molecule has 1 unspecified atom stereocenters. The summed E-state index contributed by atoms with van der Waals surface area (Å²) in [5.74, 6) is 0.967. The van der Waals surface area contributed by atoms with E-state index < -0.39 is 11.5 Å². The molecule has 7 heteroatoms. The number of aromatic nitrogens is 1. The SMILES string of the molecule is CC(NC(=O)C(C)(C)C)C(=O)Nc1nc2ccc(Oc3ccccc3)cc2s1. The topological polar surface area (TPSA) is 80.3 Å². The maximum atomic E-state index is 12.4. The molecule has 0 fully saturated rings. The highest BCUT2D eigenvalue weighted by Gasteiger charge is 2.25. The molecule has 0 spiro atoms. The second-order valence-corrected chi connectivity index (χ2v) is 8.53. The zero-order valence-corrected chi connectivity index (χ0v) is 17.1. The van der Waals surface area contributed by atoms with Crippen molar-refractivity contribution in [1.82, 2.24) is 10.3 Å². The van der Waals surface area contributed by atoms with Crippen LogP contribution >= 0.6 is 11.3 Å². The van der Waals surface area contributed by atoms with Crippen LogP contribution in [-0.2, 0) is 9.59 Å². The minimum atomic E-state index is -0.657. The van der Waals surface area contributed by atoms with Crippen molar-refractivity contribution in [3.8, 4) is 11.5 Å². The summed E-state index contributed by atoms with van der Waals surface area (Å²) < 4.78 is 6.73. The number of ether oxygens (including phenoxy) is 1. The van der Waals surface area contributed by atoms with Gasteiger partial charge in [-0.25, -0.2) is 4.98 Å². The van der Waals surface area contributed by atoms with E-state index >= 15 is 0 Å². The lowest BCUT2D eigenvalue weighted by Gasteiger charge is -2.21. The average Bonchev–Trinajstić information content (AvgIpc) is 3.03. The fraction of sp³-hybridized carbons (Fsp3) is 0.286. The second kappa shape index (κ2) is 7.98. The maximum Gasteiger partial charge on any atom is 0.248 e. The summed E-state index contributed by atoms with van der Waals surface area (Å²) in [5, 5.41) is 5.97. The normalized spacial score (nSPS) is 12.4. The number of nitrogens with one attached hydrogen (secondary N) is 2. The Labute approximate surface area is 167 Å². The summed E-state index contributed by atoms with van der Waals surface area (Å²) in [7, 11) is 0. The van der Waals surface area contributed by atoms with Crippen LogP contribution in [0.15, 0.2) is 48.5 Å². The maximum absolute atomic E-state index is 12.4. The van der Waals surface area contributed by atoms with E-state index in [2.05, 4.69) is 15.6 Å². The van der Waals surface area contributed by atoms with Crippen molar-refractivity contribution >= 4 is 38.5 Å². The number of rotatable bonds is 5. The van der Waals surface area contributed by atoms with Gasteiger partial charge in [0.1, 0.15) is 17.5 Å². The molecule has 0 saturated carbocycles. The first-order valence-corrected chi connectivity index (χ1v) is 9.79. The monoisotopic (exact) mass is 397 g/mol. The lowest BCUT2D eigenvalue weighted by atomic mass is 9.95. The number of anilines is 1. The number of fused-ring (bicyclic) bond motifs is 1. The minimum absolute atomic E-state index is 0.179. The number of para-hydroxylation sites is 1. The van der Waals surface area contributed by atoms with E-state index in [0.717, 1.165) is 16.0 Å². The van der Waals surface area contributed by atoms with Crippen LogP contribution in [0.5, 0.6) is 11.5 Å². The van der Waals surface area contributed by atoms with Crippen LogP contribution in [0.2, 0.25) is 0 Å². The third kappa shape index (κ3) is 4.86. The predicted molar refractivity (Wildman–Crippen MR) is 112 cm³/mol. The first kappa shape index (κ1) is 19.8. The molecular formula is C21H23N3O3S. The Bertz CT molecular complexity index is 993. The molecule has 0 bridgehead atoms. The van der Waals surface area contributed by atoms with Crippen LogP contribution < -0.4 is 15.4 Å². The van der Waals surface area contributed by atoms with Gasteiger partial charge in [0.05, 0.1) is 10.2 Å². The summed E-state index contributed by atoms with van der Waals surface area (Å²) in [6.07, 6.45) is 0. The average molecular weight is 398 g/mol. The molecule has 3 aromatic rings. The van der Waals surface area contributed by atoms with Gasteiger partial charge in [0.2, 0.25) is 11.8 Å². The quantitative estimate of drug-likeness (QED) is 0.660. The minimum Gasteiger partial charge on any atom is -0.457 e. The van der Waals surface area contributed by atoms with Gasteiger partial charge in [-0.3, -0.25) is 9.59 Å². The molecule has 1 aromatic heterocycles. The number of nitrogens with zero attached hydrogens (tertiary/aromatic N) is 1. The molecule has 146 valence electrons. The summed E-state index contributed by atoms with van der Waals surface area (Å²) in [6.45, 7) is 7.05.